The Hall–Kier alpha value is -3.40. The summed E-state index contributed by atoms with van der Waals surface area (Å²) in [6.07, 6.45) is 4.23. The number of carboxylic acids is 1. The summed E-state index contributed by atoms with van der Waals surface area (Å²) in [7, 11) is 0. The van der Waals surface area contributed by atoms with Crippen molar-refractivity contribution in [3.8, 4) is 0 Å². The molecule has 33 heavy (non-hydrogen) atoms. The molecule has 0 radical (unpaired) electrons. The summed E-state index contributed by atoms with van der Waals surface area (Å²) in [6.45, 7) is 6.44. The number of carboxylic acid groups (broad SMARTS) is 1. The first-order chi connectivity index (χ1) is 15.9. The van der Waals surface area contributed by atoms with Gasteiger partial charge in [0.1, 0.15) is 0 Å². The molecular weight excluding hydrogens is 408 g/mol. The molecule has 0 amide bonds. The lowest BCUT2D eigenvalue weighted by molar-refractivity contribution is 0.0696. The molecule has 0 saturated carbocycles. The maximum absolute atomic E-state index is 12.2. The van der Waals surface area contributed by atoms with Crippen LogP contribution in [-0.2, 0) is 18.3 Å². The fourth-order valence-corrected chi connectivity index (χ4v) is 5.88. The molecule has 2 aliphatic heterocycles. The van der Waals surface area contributed by atoms with Gasteiger partial charge in [0.05, 0.1) is 10.9 Å². The number of benzene rings is 3. The van der Waals surface area contributed by atoms with Crippen molar-refractivity contribution in [2.45, 2.75) is 44.9 Å². The van der Waals surface area contributed by atoms with Crippen LogP contribution in [0.2, 0.25) is 0 Å². The molecule has 3 aromatic carbocycles. The predicted molar refractivity (Wildman–Crippen MR) is 131 cm³/mol. The van der Waals surface area contributed by atoms with Gasteiger partial charge in [-0.3, -0.25) is 4.99 Å². The Labute approximate surface area is 193 Å². The third-order valence-corrected chi connectivity index (χ3v) is 7.60. The maximum Gasteiger partial charge on any atom is 0.336 e. The molecular formula is C29H28N2O2. The van der Waals surface area contributed by atoms with Crippen LogP contribution in [0.15, 0.2) is 53.5 Å². The van der Waals surface area contributed by atoms with Crippen molar-refractivity contribution in [3.05, 3.63) is 98.1 Å². The Morgan fingerprint density at radius 3 is 2.64 bits per heavy atom. The first-order valence-corrected chi connectivity index (χ1v) is 11.9. The molecule has 0 bridgehead atoms. The van der Waals surface area contributed by atoms with E-state index in [0.29, 0.717) is 5.56 Å². The zero-order chi connectivity index (χ0) is 22.7. The minimum atomic E-state index is -0.890. The summed E-state index contributed by atoms with van der Waals surface area (Å²) in [5.74, 6) is -0.890. The van der Waals surface area contributed by atoms with Gasteiger partial charge in [-0.1, -0.05) is 32.0 Å². The lowest BCUT2D eigenvalue weighted by Gasteiger charge is -2.37. The number of aromatic carboxylic acids is 1. The van der Waals surface area contributed by atoms with Gasteiger partial charge in [0, 0.05) is 24.2 Å². The molecule has 3 aliphatic rings. The molecule has 0 spiro atoms. The molecule has 0 atom stereocenters. The van der Waals surface area contributed by atoms with E-state index in [1.165, 1.54) is 27.9 Å². The Morgan fingerprint density at radius 1 is 0.970 bits per heavy atom. The first kappa shape index (κ1) is 20.2. The van der Waals surface area contributed by atoms with Gasteiger partial charge >= 0.3 is 5.97 Å². The average Bonchev–Trinajstić information content (AvgIpc) is 2.83. The van der Waals surface area contributed by atoms with Crippen LogP contribution in [0, 0.1) is 0 Å². The number of carbonyl (C=O) groups is 1. The highest BCUT2D eigenvalue weighted by atomic mass is 16.4. The predicted octanol–water partition coefficient (Wildman–Crippen LogP) is 4.20. The number of rotatable bonds is 2. The van der Waals surface area contributed by atoms with Crippen LogP contribution < -0.4 is 15.9 Å². The van der Waals surface area contributed by atoms with Crippen LogP contribution in [0.5, 0.6) is 0 Å². The van der Waals surface area contributed by atoms with E-state index in [-0.39, 0.29) is 5.41 Å². The minimum absolute atomic E-state index is 0.220. The summed E-state index contributed by atoms with van der Waals surface area (Å²) in [5.41, 5.74) is 9.39. The largest absolute Gasteiger partial charge is 0.478 e. The van der Waals surface area contributed by atoms with Crippen LogP contribution in [0.25, 0.3) is 5.57 Å². The number of fused-ring (bicyclic) bond motifs is 4. The van der Waals surface area contributed by atoms with Crippen molar-refractivity contribution in [3.63, 3.8) is 0 Å². The Bertz CT molecular complexity index is 1450. The summed E-state index contributed by atoms with van der Waals surface area (Å²) in [4.78, 5) is 17.1. The number of nitrogens with one attached hydrogen (secondary N) is 1. The van der Waals surface area contributed by atoms with Crippen LogP contribution in [0.3, 0.4) is 0 Å². The highest BCUT2D eigenvalue weighted by Crippen LogP contribution is 2.43. The Kier molecular flexibility index (Phi) is 4.48. The van der Waals surface area contributed by atoms with E-state index < -0.39 is 5.97 Å². The van der Waals surface area contributed by atoms with Crippen molar-refractivity contribution < 1.29 is 9.90 Å². The van der Waals surface area contributed by atoms with Crippen LogP contribution in [0.1, 0.15) is 70.4 Å². The van der Waals surface area contributed by atoms with E-state index in [9.17, 15) is 9.90 Å². The zero-order valence-corrected chi connectivity index (χ0v) is 19.2. The van der Waals surface area contributed by atoms with Gasteiger partial charge in [-0.25, -0.2) is 4.79 Å². The van der Waals surface area contributed by atoms with Gasteiger partial charge in [0.25, 0.3) is 0 Å². The van der Waals surface area contributed by atoms with Gasteiger partial charge in [-0.2, -0.15) is 0 Å². The molecule has 6 rings (SSSR count). The molecule has 0 aromatic heterocycles. The van der Waals surface area contributed by atoms with Gasteiger partial charge < -0.3 is 10.4 Å². The molecule has 2 N–H and O–H groups in total. The zero-order valence-electron chi connectivity index (χ0n) is 19.2. The van der Waals surface area contributed by atoms with E-state index in [4.69, 9.17) is 4.99 Å². The molecule has 1 aliphatic carbocycles. The van der Waals surface area contributed by atoms with Gasteiger partial charge in [0.15, 0.2) is 0 Å². The van der Waals surface area contributed by atoms with Crippen molar-refractivity contribution in [2.75, 3.05) is 18.4 Å². The molecule has 166 valence electrons. The second kappa shape index (κ2) is 7.31. The summed E-state index contributed by atoms with van der Waals surface area (Å²) >= 11 is 0. The normalized spacial score (nSPS) is 17.6. The van der Waals surface area contributed by atoms with E-state index in [1.54, 1.807) is 6.07 Å². The highest BCUT2D eigenvalue weighted by Gasteiger charge is 2.35. The summed E-state index contributed by atoms with van der Waals surface area (Å²) in [5, 5.41) is 15.9. The van der Waals surface area contributed by atoms with Crippen molar-refractivity contribution in [2.24, 2.45) is 4.99 Å². The van der Waals surface area contributed by atoms with E-state index in [1.807, 2.05) is 18.2 Å². The highest BCUT2D eigenvalue weighted by molar-refractivity contribution is 5.98. The molecule has 3 aromatic rings. The molecule has 0 fully saturated rings. The van der Waals surface area contributed by atoms with E-state index >= 15 is 0 Å². The quantitative estimate of drug-likeness (QED) is 0.633. The maximum atomic E-state index is 12.2. The van der Waals surface area contributed by atoms with E-state index in [0.717, 1.165) is 66.0 Å². The van der Waals surface area contributed by atoms with Crippen LogP contribution >= 0.6 is 0 Å². The summed E-state index contributed by atoms with van der Waals surface area (Å²) < 4.78 is 0. The van der Waals surface area contributed by atoms with Gasteiger partial charge in [0.2, 0.25) is 0 Å². The molecule has 4 heteroatoms. The summed E-state index contributed by atoms with van der Waals surface area (Å²) in [6, 6.07) is 16.6. The number of nitrogens with zero attached hydrogens (tertiary/aromatic N) is 1. The lowest BCUT2D eigenvalue weighted by Crippen LogP contribution is -2.38. The Balaban J connectivity index is 1.80. The first-order valence-electron chi connectivity index (χ1n) is 11.9. The van der Waals surface area contributed by atoms with Crippen molar-refractivity contribution in [1.29, 1.82) is 0 Å². The number of hydrogen-bond acceptors (Lipinski definition) is 3. The third kappa shape index (κ3) is 3.04. The molecule has 0 saturated heterocycles. The van der Waals surface area contributed by atoms with Crippen molar-refractivity contribution in [1.82, 2.24) is 0 Å². The molecule has 2 heterocycles. The second-order valence-corrected chi connectivity index (χ2v) is 9.95. The van der Waals surface area contributed by atoms with Gasteiger partial charge in [-0.05, 0) is 100 Å². The topological polar surface area (TPSA) is 61.7 Å². The van der Waals surface area contributed by atoms with Crippen LogP contribution in [-0.4, -0.2) is 24.2 Å². The Morgan fingerprint density at radius 2 is 1.79 bits per heavy atom. The monoisotopic (exact) mass is 436 g/mol. The third-order valence-electron chi connectivity index (χ3n) is 7.60. The standard InChI is InChI=1S/C29H28N2O2/c1-29(2)23-15-25-17(7-5-11-30-25)13-21(23)27(19-9-3-4-10-20(19)28(32)33)22-14-18-8-6-12-31-26(18)16-24(22)29/h3-4,9-10,13-16,30H,5-8,11-12H2,1-2H3,(H,32,33). The lowest BCUT2D eigenvalue weighted by atomic mass is 9.67. The SMILES string of the molecule is CC1(C)c2cc3c(cc2C(c2ccccc2C(=O)O)=c2cc4c(cc21)=NCCC4)CCCN3. The smallest absolute Gasteiger partial charge is 0.336 e. The minimum Gasteiger partial charge on any atom is -0.478 e. The molecule has 4 nitrogen and oxygen atoms in total. The fourth-order valence-electron chi connectivity index (χ4n) is 5.88. The number of aryl methyl sites for hydroxylation is 2. The second-order valence-electron chi connectivity index (χ2n) is 9.95. The van der Waals surface area contributed by atoms with E-state index in [2.05, 4.69) is 43.4 Å². The van der Waals surface area contributed by atoms with Gasteiger partial charge in [-0.15, -0.1) is 0 Å². The number of anilines is 1. The number of hydrogen-bond donors (Lipinski definition) is 2. The average molecular weight is 437 g/mol. The van der Waals surface area contributed by atoms with Crippen LogP contribution in [0.4, 0.5) is 5.69 Å². The fraction of sp³-hybridized carbons (Fsp3) is 0.310. The molecule has 0 unspecified atom stereocenters. The van der Waals surface area contributed by atoms with Crippen molar-refractivity contribution >= 4 is 17.2 Å².